The van der Waals surface area contributed by atoms with E-state index in [1.165, 1.54) is 4.90 Å². The summed E-state index contributed by atoms with van der Waals surface area (Å²) in [6.07, 6.45) is 0.956. The van der Waals surface area contributed by atoms with E-state index in [1.807, 2.05) is 39.2 Å². The van der Waals surface area contributed by atoms with E-state index in [-0.39, 0.29) is 5.43 Å². The molecule has 0 aliphatic heterocycles. The van der Waals surface area contributed by atoms with Gasteiger partial charge in [-0.1, -0.05) is 6.92 Å². The number of aryl methyl sites for hydroxylation is 1. The van der Waals surface area contributed by atoms with Crippen molar-refractivity contribution >= 4 is 10.9 Å². The number of hydrogen-bond acceptors (Lipinski definition) is 2. The van der Waals surface area contributed by atoms with Crippen LogP contribution in [0.5, 0.6) is 5.75 Å². The van der Waals surface area contributed by atoms with Crippen LogP contribution >= 0.6 is 0 Å². The van der Waals surface area contributed by atoms with Crippen LogP contribution in [0.3, 0.4) is 0 Å². The van der Waals surface area contributed by atoms with E-state index in [4.69, 9.17) is 4.74 Å². The van der Waals surface area contributed by atoms with Crippen molar-refractivity contribution in [3.8, 4) is 5.75 Å². The van der Waals surface area contributed by atoms with Gasteiger partial charge in [0.05, 0.1) is 26.3 Å². The topological polar surface area (TPSA) is 46.5 Å². The zero-order valence-electron chi connectivity index (χ0n) is 12.7. The second-order valence-electron chi connectivity index (χ2n) is 5.50. The van der Waals surface area contributed by atoms with Crippen LogP contribution in [0.15, 0.2) is 23.0 Å². The van der Waals surface area contributed by atoms with Crippen molar-refractivity contribution in [1.29, 1.82) is 0 Å². The molecule has 0 aliphatic carbocycles. The molecule has 0 saturated heterocycles. The highest BCUT2D eigenvalue weighted by Gasteiger charge is 2.12. The first-order valence-electron chi connectivity index (χ1n) is 7.10. The van der Waals surface area contributed by atoms with E-state index in [1.54, 1.807) is 0 Å². The molecule has 1 heterocycles. The summed E-state index contributed by atoms with van der Waals surface area (Å²) in [5.74, 6) is 0.761. The van der Waals surface area contributed by atoms with Gasteiger partial charge in [-0.2, -0.15) is 0 Å². The summed E-state index contributed by atoms with van der Waals surface area (Å²) in [5, 5.41) is 0.709. The minimum Gasteiger partial charge on any atom is -0.494 e. The lowest BCUT2D eigenvalue weighted by atomic mass is 10.1. The number of quaternary nitrogens is 1. The van der Waals surface area contributed by atoms with Gasteiger partial charge >= 0.3 is 0 Å². The van der Waals surface area contributed by atoms with Crippen LogP contribution in [-0.2, 0) is 6.54 Å². The van der Waals surface area contributed by atoms with Gasteiger partial charge in [-0.15, -0.1) is 0 Å². The number of nitrogens with one attached hydrogen (secondary N) is 2. The molecule has 0 spiro atoms. The third-order valence-electron chi connectivity index (χ3n) is 3.29. The Hall–Kier alpha value is -1.81. The average Bonchev–Trinajstić information content (AvgIpc) is 2.41. The maximum atomic E-state index is 12.6. The lowest BCUT2D eigenvalue weighted by Gasteiger charge is -2.12. The molecule has 4 nitrogen and oxygen atoms in total. The smallest absolute Gasteiger partial charge is 0.198 e. The number of fused-ring (bicyclic) bond motifs is 1. The summed E-state index contributed by atoms with van der Waals surface area (Å²) in [5.41, 5.74) is 2.78. The van der Waals surface area contributed by atoms with Crippen LogP contribution in [-0.4, -0.2) is 25.7 Å². The first-order chi connectivity index (χ1) is 9.52. The summed E-state index contributed by atoms with van der Waals surface area (Å²) in [6.45, 7) is 5.41. The molecule has 1 aromatic heterocycles. The summed E-state index contributed by atoms with van der Waals surface area (Å²) < 4.78 is 5.61. The second-order valence-corrected chi connectivity index (χ2v) is 5.50. The van der Waals surface area contributed by atoms with Gasteiger partial charge in [0.15, 0.2) is 5.43 Å². The van der Waals surface area contributed by atoms with Crippen molar-refractivity contribution in [2.45, 2.75) is 26.8 Å². The Morgan fingerprint density at radius 3 is 2.70 bits per heavy atom. The van der Waals surface area contributed by atoms with Crippen molar-refractivity contribution in [2.75, 3.05) is 20.7 Å². The third-order valence-corrected chi connectivity index (χ3v) is 3.29. The average molecular weight is 275 g/mol. The fraction of sp³-hybridized carbons (Fsp3) is 0.438. The number of hydrogen-bond donors (Lipinski definition) is 2. The zero-order chi connectivity index (χ0) is 14.7. The van der Waals surface area contributed by atoms with Crippen LogP contribution in [0.1, 0.15) is 24.6 Å². The largest absolute Gasteiger partial charge is 0.494 e. The summed E-state index contributed by atoms with van der Waals surface area (Å²) >= 11 is 0. The third kappa shape index (κ3) is 3.02. The Morgan fingerprint density at radius 2 is 2.05 bits per heavy atom. The number of aromatic amines is 1. The van der Waals surface area contributed by atoms with Gasteiger partial charge < -0.3 is 14.6 Å². The molecule has 0 bridgehead atoms. The Balaban J connectivity index is 2.53. The van der Waals surface area contributed by atoms with Crippen molar-refractivity contribution in [3.05, 3.63) is 39.7 Å². The molecule has 20 heavy (non-hydrogen) atoms. The SMILES string of the molecule is CCCOc1ccc2[nH]c(C)c(C[NH+](C)C)c(=O)c2c1. The number of pyridine rings is 1. The number of ether oxygens (including phenoxy) is 1. The molecular weight excluding hydrogens is 252 g/mol. The Kier molecular flexibility index (Phi) is 4.45. The Bertz CT molecular complexity index is 659. The quantitative estimate of drug-likeness (QED) is 0.863. The first kappa shape index (κ1) is 14.6. The maximum absolute atomic E-state index is 12.6. The molecule has 0 amide bonds. The summed E-state index contributed by atoms with van der Waals surface area (Å²) in [7, 11) is 4.09. The fourth-order valence-corrected chi connectivity index (χ4v) is 2.31. The normalized spacial score (nSPS) is 11.2. The highest BCUT2D eigenvalue weighted by molar-refractivity contribution is 5.81. The van der Waals surface area contributed by atoms with Crippen LogP contribution in [0.4, 0.5) is 0 Å². The van der Waals surface area contributed by atoms with Crippen molar-refractivity contribution in [1.82, 2.24) is 4.98 Å². The van der Waals surface area contributed by atoms with Crippen LogP contribution < -0.4 is 15.1 Å². The predicted molar refractivity (Wildman–Crippen MR) is 81.6 cm³/mol. The van der Waals surface area contributed by atoms with Crippen LogP contribution in [0.25, 0.3) is 10.9 Å². The molecule has 0 atom stereocenters. The highest BCUT2D eigenvalue weighted by Crippen LogP contribution is 2.18. The number of aromatic nitrogens is 1. The molecule has 0 fully saturated rings. The van der Waals surface area contributed by atoms with E-state index in [2.05, 4.69) is 11.9 Å². The molecule has 4 heteroatoms. The lowest BCUT2D eigenvalue weighted by molar-refractivity contribution is -0.872. The zero-order valence-corrected chi connectivity index (χ0v) is 12.7. The molecule has 0 unspecified atom stereocenters. The van der Waals surface area contributed by atoms with Gasteiger partial charge in [0.25, 0.3) is 0 Å². The van der Waals surface area contributed by atoms with Gasteiger partial charge in [-0.05, 0) is 31.5 Å². The van der Waals surface area contributed by atoms with Crippen molar-refractivity contribution in [2.24, 2.45) is 0 Å². The molecule has 0 radical (unpaired) electrons. The Morgan fingerprint density at radius 1 is 1.30 bits per heavy atom. The molecule has 0 aliphatic rings. The highest BCUT2D eigenvalue weighted by atomic mass is 16.5. The van der Waals surface area contributed by atoms with Crippen LogP contribution in [0.2, 0.25) is 0 Å². The molecule has 2 aromatic rings. The molecule has 2 rings (SSSR count). The lowest BCUT2D eigenvalue weighted by Crippen LogP contribution is -3.04. The van der Waals surface area contributed by atoms with Gasteiger partial charge in [0.1, 0.15) is 12.3 Å². The molecular formula is C16H23N2O2+. The van der Waals surface area contributed by atoms with Crippen LogP contribution in [0, 0.1) is 6.92 Å². The van der Waals surface area contributed by atoms with Crippen molar-refractivity contribution < 1.29 is 9.64 Å². The van der Waals surface area contributed by atoms with E-state index in [0.717, 1.165) is 35.5 Å². The van der Waals surface area contributed by atoms with E-state index < -0.39 is 0 Å². The monoisotopic (exact) mass is 275 g/mol. The minimum absolute atomic E-state index is 0.111. The minimum atomic E-state index is 0.111. The van der Waals surface area contributed by atoms with Crippen molar-refractivity contribution in [3.63, 3.8) is 0 Å². The van der Waals surface area contributed by atoms with Gasteiger partial charge in [-0.25, -0.2) is 0 Å². The first-order valence-corrected chi connectivity index (χ1v) is 7.10. The number of rotatable bonds is 5. The molecule has 1 aromatic carbocycles. The Labute approximate surface area is 119 Å². The fourth-order valence-electron chi connectivity index (χ4n) is 2.31. The second kappa shape index (κ2) is 6.09. The number of H-pyrrole nitrogens is 1. The van der Waals surface area contributed by atoms with Gasteiger partial charge in [0, 0.05) is 16.6 Å². The maximum Gasteiger partial charge on any atom is 0.198 e. The molecule has 0 saturated carbocycles. The predicted octanol–water partition coefficient (Wildman–Crippen LogP) is 1.27. The standard InChI is InChI=1S/C16H22N2O2/c1-5-8-20-12-6-7-15-13(9-12)16(19)14(10-18(3)4)11(2)17-15/h6-7,9H,5,8,10H2,1-4H3,(H,17,19)/p+1. The molecule has 2 N–H and O–H groups in total. The summed E-state index contributed by atoms with van der Waals surface area (Å²) in [6, 6.07) is 5.67. The number of benzene rings is 1. The van der Waals surface area contributed by atoms with E-state index >= 15 is 0 Å². The van der Waals surface area contributed by atoms with Gasteiger partial charge in [0.2, 0.25) is 0 Å². The summed E-state index contributed by atoms with van der Waals surface area (Å²) in [4.78, 5) is 17.2. The van der Waals surface area contributed by atoms with Gasteiger partial charge in [-0.3, -0.25) is 4.79 Å². The van der Waals surface area contributed by atoms with E-state index in [9.17, 15) is 4.79 Å². The van der Waals surface area contributed by atoms with E-state index in [0.29, 0.717) is 12.0 Å². The molecule has 108 valence electrons.